The highest BCUT2D eigenvalue weighted by Gasteiger charge is 2.32. The van der Waals surface area contributed by atoms with E-state index < -0.39 is 22.9 Å². The van der Waals surface area contributed by atoms with Gasteiger partial charge in [-0.2, -0.15) is 10.6 Å². The van der Waals surface area contributed by atoms with Gasteiger partial charge in [0.15, 0.2) is 0 Å². The van der Waals surface area contributed by atoms with Crippen molar-refractivity contribution in [3.05, 3.63) is 53.7 Å². The number of hydrogen-bond acceptors (Lipinski definition) is 4. The topological polar surface area (TPSA) is 109 Å². The summed E-state index contributed by atoms with van der Waals surface area (Å²) in [6.07, 6.45) is -2.52. The van der Waals surface area contributed by atoms with Crippen molar-refractivity contribution in [2.45, 2.75) is 18.7 Å². The molecule has 1 atom stereocenters. The number of primary amides is 1. The fraction of sp³-hybridized carbons (Fsp3) is 0.250. The summed E-state index contributed by atoms with van der Waals surface area (Å²) in [5.74, 6) is -0.637. The van der Waals surface area contributed by atoms with Crippen LogP contribution in [0.25, 0.3) is 22.0 Å². The van der Waals surface area contributed by atoms with Crippen molar-refractivity contribution in [1.29, 1.82) is 0 Å². The lowest BCUT2D eigenvalue weighted by Gasteiger charge is -2.26. The molecule has 1 aromatic heterocycles. The summed E-state index contributed by atoms with van der Waals surface area (Å²) < 4.78 is 61.7. The van der Waals surface area contributed by atoms with E-state index in [2.05, 4.69) is 9.72 Å². The molecule has 2 heterocycles. The molecule has 1 aliphatic rings. The molecule has 2 aromatic carbocycles. The normalized spacial score (nSPS) is 19.7. The third-order valence-corrected chi connectivity index (χ3v) is 7.01. The van der Waals surface area contributed by atoms with Crippen LogP contribution in [0, 0.1) is 0 Å². The fourth-order valence-corrected chi connectivity index (χ4v) is 5.71. The highest BCUT2D eigenvalue weighted by molar-refractivity contribution is 8.24. The van der Waals surface area contributed by atoms with Gasteiger partial charge < -0.3 is 15.5 Å². The summed E-state index contributed by atoms with van der Waals surface area (Å²) in [7, 11) is -2.63. The maximum atomic E-state index is 12.6. The van der Waals surface area contributed by atoms with E-state index in [1.165, 1.54) is 24.3 Å². The monoisotopic (exact) mass is 440 g/mol. The van der Waals surface area contributed by atoms with Crippen molar-refractivity contribution in [2.24, 2.45) is 5.73 Å². The van der Waals surface area contributed by atoms with Crippen molar-refractivity contribution in [3.63, 3.8) is 0 Å². The first kappa shape index (κ1) is 20.6. The van der Waals surface area contributed by atoms with Gasteiger partial charge in [0, 0.05) is 29.0 Å². The number of nitrogens with two attached hydrogens (primary N) is 1. The number of fused-ring (bicyclic) bond motifs is 1. The fourth-order valence-electron chi connectivity index (χ4n) is 3.89. The van der Waals surface area contributed by atoms with Crippen molar-refractivity contribution < 1.29 is 31.8 Å². The average molecular weight is 440 g/mol. The molecule has 0 radical (unpaired) electrons. The predicted octanol–water partition coefficient (Wildman–Crippen LogP) is 5.07. The first-order chi connectivity index (χ1) is 14.0. The number of halogens is 3. The van der Waals surface area contributed by atoms with Crippen molar-refractivity contribution in [2.75, 3.05) is 11.5 Å². The number of hydrogen-bond donors (Lipinski definition) is 4. The number of aromatic nitrogens is 1. The van der Waals surface area contributed by atoms with Crippen LogP contribution in [0.5, 0.6) is 5.75 Å². The standard InChI is InChI=1S/C20H19F3N2O4S/c21-20(22,23)29-14-3-1-2-11(6-14)13-7-15-17(12-4-5-30(27,28)10-12)9-25-18(15)16(8-13)19(24)26/h1-3,6-9,12,25,27-28H,4-5,10H2,(H2,24,26). The van der Waals surface area contributed by atoms with Gasteiger partial charge in [-0.05, 0) is 47.4 Å². The van der Waals surface area contributed by atoms with E-state index in [1.54, 1.807) is 18.3 Å². The lowest BCUT2D eigenvalue weighted by Crippen LogP contribution is -2.17. The Morgan fingerprint density at radius 2 is 1.97 bits per heavy atom. The first-order valence-electron chi connectivity index (χ1n) is 9.07. The second kappa shape index (κ2) is 7.22. The van der Waals surface area contributed by atoms with Crippen molar-refractivity contribution in [1.82, 2.24) is 4.98 Å². The Balaban J connectivity index is 1.82. The van der Waals surface area contributed by atoms with Crippen molar-refractivity contribution >= 4 is 27.4 Å². The number of rotatable bonds is 4. The quantitative estimate of drug-likeness (QED) is 0.454. The molecule has 1 aliphatic heterocycles. The average Bonchev–Trinajstić information content (AvgIpc) is 3.22. The molecule has 3 aromatic rings. The molecular weight excluding hydrogens is 421 g/mol. The summed E-state index contributed by atoms with van der Waals surface area (Å²) in [5, 5.41) is 0.672. The van der Waals surface area contributed by atoms with Gasteiger partial charge >= 0.3 is 6.36 Å². The molecule has 5 N–H and O–H groups in total. The zero-order valence-corrected chi connectivity index (χ0v) is 16.4. The Labute approximate surface area is 171 Å². The summed E-state index contributed by atoms with van der Waals surface area (Å²) in [5.41, 5.74) is 7.97. The van der Waals surface area contributed by atoms with E-state index in [0.29, 0.717) is 34.2 Å². The zero-order valence-electron chi connectivity index (χ0n) is 15.6. The molecular formula is C20H19F3N2O4S. The predicted molar refractivity (Wildman–Crippen MR) is 109 cm³/mol. The van der Waals surface area contributed by atoms with Gasteiger partial charge in [0.25, 0.3) is 5.91 Å². The van der Waals surface area contributed by atoms with Gasteiger partial charge in [-0.25, -0.2) is 0 Å². The minimum Gasteiger partial charge on any atom is -0.406 e. The lowest BCUT2D eigenvalue weighted by atomic mass is 9.94. The van der Waals surface area contributed by atoms with Crippen LogP contribution in [0.1, 0.15) is 28.3 Å². The molecule has 0 aliphatic carbocycles. The molecule has 4 rings (SSSR count). The Bertz CT molecular complexity index is 1130. The minimum absolute atomic E-state index is 0.111. The molecule has 160 valence electrons. The van der Waals surface area contributed by atoms with Gasteiger partial charge in [-0.15, -0.1) is 13.2 Å². The number of amides is 1. The second-order valence-electron chi connectivity index (χ2n) is 7.29. The number of carbonyl (C=O) groups is 1. The molecule has 0 spiro atoms. The molecule has 1 saturated heterocycles. The van der Waals surface area contributed by atoms with Crippen LogP contribution in [-0.4, -0.2) is 37.9 Å². The van der Waals surface area contributed by atoms with Crippen LogP contribution in [0.15, 0.2) is 42.6 Å². The van der Waals surface area contributed by atoms with Crippen molar-refractivity contribution in [3.8, 4) is 16.9 Å². The molecule has 1 fully saturated rings. The van der Waals surface area contributed by atoms with Gasteiger partial charge in [-0.3, -0.25) is 13.9 Å². The van der Waals surface area contributed by atoms with Crippen LogP contribution >= 0.6 is 10.6 Å². The van der Waals surface area contributed by atoms with E-state index >= 15 is 0 Å². The number of benzene rings is 2. The third kappa shape index (κ3) is 4.11. The van der Waals surface area contributed by atoms with E-state index in [-0.39, 0.29) is 23.0 Å². The lowest BCUT2D eigenvalue weighted by molar-refractivity contribution is -0.274. The molecule has 6 nitrogen and oxygen atoms in total. The summed E-state index contributed by atoms with van der Waals surface area (Å²) in [6.45, 7) is 0. The number of H-pyrrole nitrogens is 1. The van der Waals surface area contributed by atoms with Gasteiger partial charge in [0.1, 0.15) is 5.75 Å². The molecule has 1 unspecified atom stereocenters. The second-order valence-corrected chi connectivity index (χ2v) is 9.63. The molecule has 0 bridgehead atoms. The maximum absolute atomic E-state index is 12.6. The molecule has 0 saturated carbocycles. The smallest absolute Gasteiger partial charge is 0.406 e. The minimum atomic E-state index is -4.82. The molecule has 10 heteroatoms. The number of ether oxygens (including phenoxy) is 1. The largest absolute Gasteiger partial charge is 0.573 e. The summed E-state index contributed by atoms with van der Waals surface area (Å²) >= 11 is 0. The number of nitrogens with one attached hydrogen (secondary N) is 1. The maximum Gasteiger partial charge on any atom is 0.573 e. The Kier molecular flexibility index (Phi) is 4.95. The Hall–Kier alpha value is -2.69. The van der Waals surface area contributed by atoms with E-state index in [9.17, 15) is 27.1 Å². The number of alkyl halides is 3. The van der Waals surface area contributed by atoms with E-state index in [0.717, 1.165) is 5.56 Å². The SMILES string of the molecule is NC(=O)c1cc(-c2cccc(OC(F)(F)F)c2)cc2c(C3CCS(O)(O)C3)c[nH]c12. The van der Waals surface area contributed by atoms with E-state index in [1.807, 2.05) is 0 Å². The van der Waals surface area contributed by atoms with E-state index in [4.69, 9.17) is 5.73 Å². The van der Waals surface area contributed by atoms with Crippen LogP contribution in [-0.2, 0) is 0 Å². The molecule has 30 heavy (non-hydrogen) atoms. The van der Waals surface area contributed by atoms with Crippen LogP contribution < -0.4 is 10.5 Å². The van der Waals surface area contributed by atoms with Gasteiger partial charge in [0.2, 0.25) is 0 Å². The van der Waals surface area contributed by atoms with Crippen LogP contribution in [0.3, 0.4) is 0 Å². The van der Waals surface area contributed by atoms with Crippen LogP contribution in [0.4, 0.5) is 13.2 Å². The van der Waals surface area contributed by atoms with Gasteiger partial charge in [0.05, 0.1) is 11.1 Å². The summed E-state index contributed by atoms with van der Waals surface area (Å²) in [4.78, 5) is 15.1. The highest BCUT2D eigenvalue weighted by Crippen LogP contribution is 2.52. The zero-order chi connectivity index (χ0) is 21.7. The highest BCUT2D eigenvalue weighted by atomic mass is 32.3. The number of aromatic amines is 1. The van der Waals surface area contributed by atoms with Crippen LogP contribution in [0.2, 0.25) is 0 Å². The Morgan fingerprint density at radius 3 is 2.60 bits per heavy atom. The third-order valence-electron chi connectivity index (χ3n) is 5.19. The summed E-state index contributed by atoms with van der Waals surface area (Å²) in [6, 6.07) is 8.72. The number of carbonyl (C=O) groups excluding carboxylic acids is 1. The molecule has 1 amide bonds. The Morgan fingerprint density at radius 1 is 1.20 bits per heavy atom. The first-order valence-corrected chi connectivity index (χ1v) is 11.0. The van der Waals surface area contributed by atoms with Gasteiger partial charge in [-0.1, -0.05) is 12.1 Å².